The van der Waals surface area contributed by atoms with Gasteiger partial charge in [0.05, 0.1) is 0 Å². The Balaban J connectivity index is 2.35. The summed E-state index contributed by atoms with van der Waals surface area (Å²) >= 11 is 0. The molecule has 0 bridgehead atoms. The van der Waals surface area contributed by atoms with Gasteiger partial charge in [0.2, 0.25) is 0 Å². The van der Waals surface area contributed by atoms with E-state index in [1.807, 2.05) is 18.8 Å². The maximum Gasteiger partial charge on any atom is 0.414 e. The number of hydrogen-bond acceptors (Lipinski definition) is 0. The molecule has 146 valence electrons. The molecule has 3 rings (SSSR count). The summed E-state index contributed by atoms with van der Waals surface area (Å²) < 4.78 is 84.5. The van der Waals surface area contributed by atoms with E-state index in [0.29, 0.717) is 11.5 Å². The standard InChI is InChI=1S/C14H30F6S3/c1-21(6-7-21,13(15,16)17)12(23(3,4,5)10-11-23)22(2,8-9-22)14(18,19)20/h12,21-22H,6-11H2,1-5H3. The molecule has 0 aromatic heterocycles. The number of hydrogen-bond donors (Lipinski definition) is 2. The molecule has 3 aliphatic heterocycles. The highest BCUT2D eigenvalue weighted by atomic mass is 32.4. The highest BCUT2D eigenvalue weighted by molar-refractivity contribution is 8.88. The fraction of sp³-hybridized carbons (Fsp3) is 1.00. The zero-order valence-electron chi connectivity index (χ0n) is 14.4. The average Bonchev–Trinajstić information content (AvgIpc) is 3.19. The molecule has 0 unspecified atom stereocenters. The molecule has 3 saturated heterocycles. The Kier molecular flexibility index (Phi) is 2.64. The van der Waals surface area contributed by atoms with Crippen molar-refractivity contribution in [2.24, 2.45) is 0 Å². The Morgan fingerprint density at radius 3 is 1.09 bits per heavy atom. The second-order valence-electron chi connectivity index (χ2n) is 11.1. The lowest BCUT2D eigenvalue weighted by Gasteiger charge is -2.78. The van der Waals surface area contributed by atoms with Gasteiger partial charge in [0, 0.05) is 3.91 Å². The van der Waals surface area contributed by atoms with E-state index in [9.17, 15) is 26.3 Å². The van der Waals surface area contributed by atoms with Gasteiger partial charge >= 0.3 is 11.0 Å². The SMILES string of the molecule is C[SH]1(C([SH]2(C)(C(F)(F)F)CC2)S2(C)(C)(C)CC2)(C(F)(F)F)CC1. The lowest BCUT2D eigenvalue weighted by Crippen LogP contribution is -2.50. The van der Waals surface area contributed by atoms with Crippen molar-refractivity contribution in [1.29, 1.82) is 0 Å². The minimum absolute atomic E-state index is 0.0168. The first-order valence-electron chi connectivity index (χ1n) is 7.79. The van der Waals surface area contributed by atoms with Gasteiger partial charge in [-0.1, -0.05) is 0 Å². The summed E-state index contributed by atoms with van der Waals surface area (Å²) in [6, 6.07) is 0. The lowest BCUT2D eigenvalue weighted by atomic mass is 11.0. The molecule has 0 N–H and O–H groups in total. The van der Waals surface area contributed by atoms with Crippen molar-refractivity contribution in [1.82, 2.24) is 0 Å². The Morgan fingerprint density at radius 1 is 0.696 bits per heavy atom. The lowest BCUT2D eigenvalue weighted by molar-refractivity contribution is -0.0407. The van der Waals surface area contributed by atoms with Crippen molar-refractivity contribution in [2.45, 2.75) is 14.9 Å². The van der Waals surface area contributed by atoms with Crippen molar-refractivity contribution >= 4 is 26.6 Å². The van der Waals surface area contributed by atoms with Gasteiger partial charge in [-0.3, -0.25) is 8.29 Å². The van der Waals surface area contributed by atoms with Crippen LogP contribution in [0.25, 0.3) is 0 Å². The van der Waals surface area contributed by atoms with Crippen LogP contribution >= 0.6 is 26.6 Å². The summed E-state index contributed by atoms with van der Waals surface area (Å²) in [5.74, 6) is 1.09. The normalized spacial score (nSPS) is 44.1. The monoisotopic (exact) mass is 408 g/mol. The molecule has 0 atom stereocenters. The first kappa shape index (κ1) is 18.4. The van der Waals surface area contributed by atoms with Gasteiger partial charge in [0.15, 0.2) is 0 Å². The highest BCUT2D eigenvalue weighted by Gasteiger charge is 2.91. The van der Waals surface area contributed by atoms with Crippen molar-refractivity contribution in [2.75, 3.05) is 65.8 Å². The molecule has 9 heteroatoms. The topological polar surface area (TPSA) is 0 Å². The van der Waals surface area contributed by atoms with Crippen LogP contribution in [0.4, 0.5) is 26.3 Å². The third-order valence-electron chi connectivity index (χ3n) is 7.70. The minimum Gasteiger partial charge on any atom is -0.267 e. The van der Waals surface area contributed by atoms with Crippen LogP contribution in [-0.4, -0.2) is 80.7 Å². The number of thiol groups is 2. The van der Waals surface area contributed by atoms with Crippen LogP contribution in [0, 0.1) is 0 Å². The molecule has 0 radical (unpaired) electrons. The fourth-order valence-electron chi connectivity index (χ4n) is 5.82. The van der Waals surface area contributed by atoms with Crippen molar-refractivity contribution < 1.29 is 26.3 Å². The first-order valence-corrected chi connectivity index (χ1v) is 18.1. The Bertz CT molecular complexity index is 579. The molecular weight excluding hydrogens is 378 g/mol. The molecule has 23 heavy (non-hydrogen) atoms. The van der Waals surface area contributed by atoms with Gasteiger partial charge in [0.25, 0.3) is 0 Å². The summed E-state index contributed by atoms with van der Waals surface area (Å²) in [4.78, 5) is 0. The molecule has 3 heterocycles. The van der Waals surface area contributed by atoms with E-state index in [1.54, 1.807) is 0 Å². The quantitative estimate of drug-likeness (QED) is 0.383. The van der Waals surface area contributed by atoms with Crippen LogP contribution in [0.1, 0.15) is 0 Å². The van der Waals surface area contributed by atoms with Crippen LogP contribution in [-0.2, 0) is 0 Å². The Labute approximate surface area is 134 Å². The molecule has 0 nitrogen and oxygen atoms in total. The number of halogens is 6. The zero-order chi connectivity index (χ0) is 18.1. The predicted octanol–water partition coefficient (Wildman–Crippen LogP) is 4.52. The molecular formula is C14H30F6S3. The van der Waals surface area contributed by atoms with Gasteiger partial charge in [0.1, 0.15) is 0 Å². The van der Waals surface area contributed by atoms with Gasteiger partial charge in [-0.05, 0) is 65.8 Å². The van der Waals surface area contributed by atoms with E-state index in [2.05, 4.69) is 0 Å². The van der Waals surface area contributed by atoms with Gasteiger partial charge in [-0.2, -0.15) is 44.7 Å². The Hall–Kier alpha value is 0.630. The van der Waals surface area contributed by atoms with Crippen molar-refractivity contribution in [3.05, 3.63) is 0 Å². The maximum absolute atomic E-state index is 14.3. The minimum atomic E-state index is -4.45. The molecule has 3 aliphatic rings. The van der Waals surface area contributed by atoms with Crippen LogP contribution in [0.15, 0.2) is 0 Å². The van der Waals surface area contributed by atoms with Crippen LogP contribution in [0.2, 0.25) is 0 Å². The molecule has 0 aromatic carbocycles. The van der Waals surface area contributed by atoms with E-state index in [0.717, 1.165) is 0 Å². The molecule has 0 aromatic rings. The summed E-state index contributed by atoms with van der Waals surface area (Å²) in [5.41, 5.74) is -8.91. The second-order valence-corrected chi connectivity index (χ2v) is 34.3. The highest BCUT2D eigenvalue weighted by Crippen LogP contribution is 3.18. The van der Waals surface area contributed by atoms with E-state index in [4.69, 9.17) is 0 Å². The number of alkyl halides is 6. The Morgan fingerprint density at radius 2 is 0.957 bits per heavy atom. The predicted molar refractivity (Wildman–Crippen MR) is 100 cm³/mol. The largest absolute Gasteiger partial charge is 0.414 e. The van der Waals surface area contributed by atoms with E-state index >= 15 is 0 Å². The van der Waals surface area contributed by atoms with Gasteiger partial charge in [-0.25, -0.2) is 0 Å². The zero-order valence-corrected chi connectivity index (χ0v) is 17.0. The van der Waals surface area contributed by atoms with Crippen LogP contribution < -0.4 is 0 Å². The smallest absolute Gasteiger partial charge is 0.267 e. The molecule has 0 amide bonds. The maximum atomic E-state index is 14.3. The average molecular weight is 409 g/mol. The van der Waals surface area contributed by atoms with E-state index in [-0.39, 0.29) is 23.0 Å². The van der Waals surface area contributed by atoms with E-state index < -0.39 is 41.5 Å². The fourth-order valence-corrected chi connectivity index (χ4v) is 49.3. The molecule has 0 aliphatic carbocycles. The third kappa shape index (κ3) is 1.78. The second kappa shape index (κ2) is 3.30. The van der Waals surface area contributed by atoms with Crippen molar-refractivity contribution in [3.8, 4) is 0 Å². The van der Waals surface area contributed by atoms with Gasteiger partial charge in [-0.15, -0.1) is 0 Å². The molecule has 0 saturated carbocycles. The summed E-state index contributed by atoms with van der Waals surface area (Å²) in [6.45, 7) is 0. The van der Waals surface area contributed by atoms with Crippen molar-refractivity contribution in [3.63, 3.8) is 0 Å². The molecule has 3 fully saturated rings. The first-order chi connectivity index (χ1) is 9.66. The third-order valence-corrected chi connectivity index (χ3v) is 36.4. The molecule has 0 spiro atoms. The van der Waals surface area contributed by atoms with E-state index in [1.165, 1.54) is 12.5 Å². The van der Waals surface area contributed by atoms with Gasteiger partial charge < -0.3 is 0 Å². The van der Waals surface area contributed by atoms with Crippen LogP contribution in [0.3, 0.4) is 0 Å². The summed E-state index contributed by atoms with van der Waals surface area (Å²) in [7, 11) is -12.0. The van der Waals surface area contributed by atoms with Crippen LogP contribution in [0.5, 0.6) is 0 Å². The summed E-state index contributed by atoms with van der Waals surface area (Å²) in [5, 5.41) is 0. The summed E-state index contributed by atoms with van der Waals surface area (Å²) in [6.07, 6.45) is 8.05. The number of rotatable bonds is 3.